The number of hydrogen-bond acceptors (Lipinski definition) is 7. The molecule has 10 heteroatoms. The highest BCUT2D eigenvalue weighted by molar-refractivity contribution is 7.91. The van der Waals surface area contributed by atoms with E-state index >= 15 is 0 Å². The summed E-state index contributed by atoms with van der Waals surface area (Å²) in [5.74, 6) is -0.0551. The summed E-state index contributed by atoms with van der Waals surface area (Å²) < 4.78 is 26.4. The number of amides is 1. The van der Waals surface area contributed by atoms with Gasteiger partial charge in [0.15, 0.2) is 0 Å². The van der Waals surface area contributed by atoms with Gasteiger partial charge in [0.2, 0.25) is 15.4 Å². The molecule has 0 bridgehead atoms. The van der Waals surface area contributed by atoms with Crippen molar-refractivity contribution in [2.75, 3.05) is 11.9 Å². The molecule has 8 nitrogen and oxygen atoms in total. The van der Waals surface area contributed by atoms with Crippen LogP contribution in [0.25, 0.3) is 0 Å². The second-order valence-corrected chi connectivity index (χ2v) is 7.76. The number of carbonyl (C=O) groups is 1. The molecule has 1 aliphatic carbocycles. The van der Waals surface area contributed by atoms with Crippen LogP contribution in [0.15, 0.2) is 4.34 Å². The van der Waals surface area contributed by atoms with Gasteiger partial charge in [0.1, 0.15) is 0 Å². The molecule has 0 aromatic carbocycles. The normalized spacial score (nSPS) is 22.9. The lowest BCUT2D eigenvalue weighted by atomic mass is 10.1. The molecule has 2 atom stereocenters. The van der Waals surface area contributed by atoms with Gasteiger partial charge in [-0.25, -0.2) is 13.1 Å². The summed E-state index contributed by atoms with van der Waals surface area (Å²) in [5, 5.41) is 9.76. The van der Waals surface area contributed by atoms with Gasteiger partial charge in [0.25, 0.3) is 10.0 Å². The number of nitrogens with one attached hydrogen (secondary N) is 2. The van der Waals surface area contributed by atoms with Crippen molar-refractivity contribution in [1.29, 1.82) is 0 Å². The van der Waals surface area contributed by atoms with E-state index in [-0.39, 0.29) is 27.3 Å². The maximum atomic E-state index is 12.0. The molecular formula is C10H17N5O3S2. The largest absolute Gasteiger partial charge is 0.328 e. The van der Waals surface area contributed by atoms with Crippen LogP contribution < -0.4 is 15.8 Å². The molecule has 1 aromatic rings. The molecule has 1 amide bonds. The van der Waals surface area contributed by atoms with Crippen molar-refractivity contribution >= 4 is 32.4 Å². The number of hydrogen-bond donors (Lipinski definition) is 3. The lowest BCUT2D eigenvalue weighted by Gasteiger charge is -2.09. The fraction of sp³-hybridized carbons (Fsp3) is 0.700. The van der Waals surface area contributed by atoms with Gasteiger partial charge in [-0.15, -0.1) is 10.2 Å². The van der Waals surface area contributed by atoms with E-state index in [2.05, 4.69) is 20.2 Å². The van der Waals surface area contributed by atoms with Crippen molar-refractivity contribution in [1.82, 2.24) is 14.9 Å². The predicted molar refractivity (Wildman–Crippen MR) is 74.7 cm³/mol. The lowest BCUT2D eigenvalue weighted by molar-refractivity contribution is -0.114. The second kappa shape index (κ2) is 6.12. The predicted octanol–water partition coefficient (Wildman–Crippen LogP) is -0.0978. The van der Waals surface area contributed by atoms with Crippen molar-refractivity contribution in [3.05, 3.63) is 0 Å². The SMILES string of the molecule is CC(=O)Nc1nnc(S(=O)(=O)NCC2CCC(N)C2)s1. The Hall–Kier alpha value is -1.10. The van der Waals surface area contributed by atoms with E-state index < -0.39 is 10.0 Å². The topological polar surface area (TPSA) is 127 Å². The van der Waals surface area contributed by atoms with Crippen LogP contribution in [0.3, 0.4) is 0 Å². The Balaban J connectivity index is 1.95. The quantitative estimate of drug-likeness (QED) is 0.650. The van der Waals surface area contributed by atoms with Gasteiger partial charge in [-0.05, 0) is 25.2 Å². The number of anilines is 1. The van der Waals surface area contributed by atoms with E-state index in [1.807, 2.05) is 0 Å². The van der Waals surface area contributed by atoms with Gasteiger partial charge < -0.3 is 11.1 Å². The Labute approximate surface area is 121 Å². The van der Waals surface area contributed by atoms with Crippen molar-refractivity contribution < 1.29 is 13.2 Å². The standard InChI is InChI=1S/C10H17N5O3S2/c1-6(16)13-9-14-15-10(19-9)20(17,18)12-5-7-2-3-8(11)4-7/h7-8,12H,2-5,11H2,1H3,(H,13,14,16). The van der Waals surface area contributed by atoms with Crippen molar-refractivity contribution in [3.8, 4) is 0 Å². The van der Waals surface area contributed by atoms with Crippen molar-refractivity contribution in [2.24, 2.45) is 11.7 Å². The minimum absolute atomic E-state index is 0.149. The zero-order chi connectivity index (χ0) is 14.8. The Kier molecular flexibility index (Phi) is 4.68. The number of carbonyl (C=O) groups excluding carboxylic acids is 1. The number of aromatic nitrogens is 2. The molecule has 1 aromatic heterocycles. The summed E-state index contributed by atoms with van der Waals surface area (Å²) in [4.78, 5) is 10.9. The molecule has 1 aliphatic rings. The van der Waals surface area contributed by atoms with Crippen LogP contribution in [0.4, 0.5) is 5.13 Å². The van der Waals surface area contributed by atoms with Gasteiger partial charge in [0, 0.05) is 19.5 Å². The molecule has 0 spiro atoms. The highest BCUT2D eigenvalue weighted by atomic mass is 32.2. The van der Waals surface area contributed by atoms with E-state index in [4.69, 9.17) is 5.73 Å². The summed E-state index contributed by atoms with van der Waals surface area (Å²) in [6.07, 6.45) is 2.69. The minimum Gasteiger partial charge on any atom is -0.328 e. The number of sulfonamides is 1. The molecule has 1 fully saturated rings. The maximum Gasteiger partial charge on any atom is 0.269 e. The minimum atomic E-state index is -3.68. The zero-order valence-corrected chi connectivity index (χ0v) is 12.6. The first-order valence-corrected chi connectivity index (χ1v) is 8.53. The number of nitrogens with zero attached hydrogens (tertiary/aromatic N) is 2. The highest BCUT2D eigenvalue weighted by Crippen LogP contribution is 2.24. The first-order chi connectivity index (χ1) is 9.37. The third kappa shape index (κ3) is 3.95. The first kappa shape index (κ1) is 15.3. The van der Waals surface area contributed by atoms with Gasteiger partial charge in [-0.1, -0.05) is 11.3 Å². The summed E-state index contributed by atoms with van der Waals surface area (Å²) >= 11 is 0.822. The molecule has 1 saturated carbocycles. The summed E-state index contributed by atoms with van der Waals surface area (Å²) in [5.41, 5.74) is 5.79. The fourth-order valence-corrected chi connectivity index (χ4v) is 4.21. The van der Waals surface area contributed by atoms with Gasteiger partial charge in [-0.2, -0.15) is 0 Å². The van der Waals surface area contributed by atoms with Crippen molar-refractivity contribution in [3.63, 3.8) is 0 Å². The smallest absolute Gasteiger partial charge is 0.269 e. The van der Waals surface area contributed by atoms with Crippen LogP contribution in [-0.4, -0.2) is 37.1 Å². The van der Waals surface area contributed by atoms with E-state index in [1.165, 1.54) is 6.92 Å². The van der Waals surface area contributed by atoms with Crippen LogP contribution >= 0.6 is 11.3 Å². The third-order valence-corrected chi connectivity index (χ3v) is 5.69. The fourth-order valence-electron chi connectivity index (χ4n) is 2.11. The van der Waals surface area contributed by atoms with Crippen LogP contribution in [0.1, 0.15) is 26.2 Å². The third-order valence-electron chi connectivity index (χ3n) is 3.06. The highest BCUT2D eigenvalue weighted by Gasteiger charge is 2.25. The average Bonchev–Trinajstić information content (AvgIpc) is 2.95. The van der Waals surface area contributed by atoms with Crippen molar-refractivity contribution in [2.45, 2.75) is 36.6 Å². The molecule has 112 valence electrons. The van der Waals surface area contributed by atoms with E-state index in [9.17, 15) is 13.2 Å². The Morgan fingerprint density at radius 1 is 1.45 bits per heavy atom. The van der Waals surface area contributed by atoms with Crippen LogP contribution in [0.2, 0.25) is 0 Å². The van der Waals surface area contributed by atoms with Crippen LogP contribution in [0.5, 0.6) is 0 Å². The molecule has 2 unspecified atom stereocenters. The van der Waals surface area contributed by atoms with Gasteiger partial charge >= 0.3 is 0 Å². The number of rotatable bonds is 5. The van der Waals surface area contributed by atoms with E-state index in [0.29, 0.717) is 6.54 Å². The summed E-state index contributed by atoms with van der Waals surface area (Å²) in [6.45, 7) is 1.67. The van der Waals surface area contributed by atoms with Crippen LogP contribution in [0, 0.1) is 5.92 Å². The average molecular weight is 319 g/mol. The van der Waals surface area contributed by atoms with E-state index in [0.717, 1.165) is 30.6 Å². The van der Waals surface area contributed by atoms with E-state index in [1.54, 1.807) is 0 Å². The molecule has 1 heterocycles. The summed E-state index contributed by atoms with van der Waals surface area (Å²) in [6, 6.07) is 0.164. The molecular weight excluding hydrogens is 302 g/mol. The Morgan fingerprint density at radius 3 is 2.80 bits per heavy atom. The molecule has 2 rings (SSSR count). The Morgan fingerprint density at radius 2 is 2.20 bits per heavy atom. The summed E-state index contributed by atoms with van der Waals surface area (Å²) in [7, 11) is -3.68. The van der Waals surface area contributed by atoms with Crippen LogP contribution in [-0.2, 0) is 14.8 Å². The molecule has 0 saturated heterocycles. The van der Waals surface area contributed by atoms with Gasteiger partial charge in [0.05, 0.1) is 0 Å². The molecule has 0 radical (unpaired) electrons. The molecule has 4 N–H and O–H groups in total. The Bertz CT molecular complexity index is 585. The molecule has 0 aliphatic heterocycles. The van der Waals surface area contributed by atoms with Gasteiger partial charge in [-0.3, -0.25) is 4.79 Å². The zero-order valence-electron chi connectivity index (χ0n) is 11.0. The monoisotopic (exact) mass is 319 g/mol. The second-order valence-electron chi connectivity index (χ2n) is 4.85. The lowest BCUT2D eigenvalue weighted by Crippen LogP contribution is -2.29. The maximum absolute atomic E-state index is 12.0. The first-order valence-electron chi connectivity index (χ1n) is 6.23. The number of nitrogens with two attached hydrogens (primary N) is 1. The molecule has 20 heavy (non-hydrogen) atoms.